The molecular formula is C14H11N5S. The second-order valence-corrected chi connectivity index (χ2v) is 5.89. The van der Waals surface area contributed by atoms with Crippen molar-refractivity contribution in [2.24, 2.45) is 0 Å². The number of nitriles is 1. The third-order valence-electron chi connectivity index (χ3n) is 3.69. The van der Waals surface area contributed by atoms with Crippen LogP contribution in [0.25, 0.3) is 16.3 Å². The van der Waals surface area contributed by atoms with E-state index in [0.717, 1.165) is 9.97 Å². The van der Waals surface area contributed by atoms with Crippen LogP contribution in [0.2, 0.25) is 0 Å². The summed E-state index contributed by atoms with van der Waals surface area (Å²) in [6.45, 7) is 0. The molecule has 3 heterocycles. The molecule has 0 radical (unpaired) electrons. The summed E-state index contributed by atoms with van der Waals surface area (Å²) in [6.07, 6.45) is 5.38. The Morgan fingerprint density at radius 3 is 2.90 bits per heavy atom. The summed E-state index contributed by atoms with van der Waals surface area (Å²) in [6, 6.07) is 7.81. The molecule has 1 fully saturated rings. The van der Waals surface area contributed by atoms with E-state index < -0.39 is 0 Å². The predicted molar refractivity (Wildman–Crippen MR) is 75.4 cm³/mol. The molecule has 1 aliphatic rings. The van der Waals surface area contributed by atoms with Gasteiger partial charge in [0.2, 0.25) is 4.96 Å². The Kier molecular flexibility index (Phi) is 2.54. The summed E-state index contributed by atoms with van der Waals surface area (Å²) in [7, 11) is 0. The largest absolute Gasteiger partial charge is 0.255 e. The quantitative estimate of drug-likeness (QED) is 0.724. The second kappa shape index (κ2) is 4.39. The van der Waals surface area contributed by atoms with Gasteiger partial charge < -0.3 is 0 Å². The summed E-state index contributed by atoms with van der Waals surface area (Å²) in [4.78, 5) is 9.60. The molecule has 98 valence electrons. The number of fused-ring (bicyclic) bond motifs is 1. The normalized spacial score (nSPS) is 15.2. The summed E-state index contributed by atoms with van der Waals surface area (Å²) in [5.41, 5.74) is 1.81. The molecule has 1 aliphatic carbocycles. The summed E-state index contributed by atoms with van der Waals surface area (Å²) >= 11 is 1.59. The van der Waals surface area contributed by atoms with E-state index in [2.05, 4.69) is 21.1 Å². The van der Waals surface area contributed by atoms with Gasteiger partial charge in [-0.2, -0.15) is 14.9 Å². The molecule has 0 saturated heterocycles. The lowest BCUT2D eigenvalue weighted by Gasteiger charge is -2.21. The molecule has 6 heteroatoms. The van der Waals surface area contributed by atoms with E-state index >= 15 is 0 Å². The first-order chi connectivity index (χ1) is 9.86. The second-order valence-electron chi connectivity index (χ2n) is 4.90. The van der Waals surface area contributed by atoms with E-state index in [4.69, 9.17) is 0 Å². The molecule has 3 aromatic heterocycles. The van der Waals surface area contributed by atoms with Gasteiger partial charge in [0.1, 0.15) is 16.8 Å². The summed E-state index contributed by atoms with van der Waals surface area (Å²) < 4.78 is 1.67. The molecule has 0 spiro atoms. The molecule has 5 nitrogen and oxygen atoms in total. The highest BCUT2D eigenvalue weighted by molar-refractivity contribution is 7.16. The van der Waals surface area contributed by atoms with Crippen LogP contribution in [-0.2, 0) is 0 Å². The van der Waals surface area contributed by atoms with Gasteiger partial charge >= 0.3 is 0 Å². The van der Waals surface area contributed by atoms with Gasteiger partial charge in [-0.1, -0.05) is 23.8 Å². The molecular weight excluding hydrogens is 270 g/mol. The van der Waals surface area contributed by atoms with Crippen LogP contribution >= 0.6 is 11.3 Å². The van der Waals surface area contributed by atoms with E-state index in [1.807, 2.05) is 18.2 Å². The zero-order chi connectivity index (χ0) is 13.5. The third-order valence-corrected chi connectivity index (χ3v) is 4.76. The molecule has 0 amide bonds. The topological polar surface area (TPSA) is 66.9 Å². The van der Waals surface area contributed by atoms with Gasteiger partial charge in [0.15, 0.2) is 5.69 Å². The van der Waals surface area contributed by atoms with Gasteiger partial charge in [0.05, 0.1) is 5.69 Å². The van der Waals surface area contributed by atoms with Crippen molar-refractivity contribution in [3.05, 3.63) is 35.1 Å². The van der Waals surface area contributed by atoms with Crippen molar-refractivity contribution in [3.63, 3.8) is 0 Å². The highest BCUT2D eigenvalue weighted by Gasteiger charge is 2.26. The van der Waals surface area contributed by atoms with Gasteiger partial charge in [-0.3, -0.25) is 4.98 Å². The van der Waals surface area contributed by atoms with Gasteiger partial charge in [-0.15, -0.1) is 0 Å². The summed E-state index contributed by atoms with van der Waals surface area (Å²) in [5, 5.41) is 15.1. The van der Waals surface area contributed by atoms with Crippen molar-refractivity contribution in [3.8, 4) is 17.5 Å². The number of pyridine rings is 1. The molecule has 1 saturated carbocycles. The SMILES string of the molecule is N#Cc1c(-c2ccccn2)nc2sc(C3CCC3)nn12. The number of hydrogen-bond donors (Lipinski definition) is 0. The molecule has 0 unspecified atom stereocenters. The van der Waals surface area contributed by atoms with E-state index in [0.29, 0.717) is 23.0 Å². The Hall–Kier alpha value is -2.26. The molecule has 3 aromatic rings. The number of aromatic nitrogens is 4. The number of nitrogens with zero attached hydrogens (tertiary/aromatic N) is 5. The first kappa shape index (κ1) is 11.6. The summed E-state index contributed by atoms with van der Waals surface area (Å²) in [5.74, 6) is 0.562. The number of hydrogen-bond acceptors (Lipinski definition) is 5. The molecule has 0 aromatic carbocycles. The molecule has 4 rings (SSSR count). The minimum atomic E-state index is 0.473. The number of rotatable bonds is 2. The lowest BCUT2D eigenvalue weighted by atomic mass is 9.86. The predicted octanol–water partition coefficient (Wildman–Crippen LogP) is 2.99. The Labute approximate surface area is 119 Å². The molecule has 20 heavy (non-hydrogen) atoms. The Morgan fingerprint density at radius 1 is 1.35 bits per heavy atom. The van der Waals surface area contributed by atoms with Crippen LogP contribution in [0, 0.1) is 11.3 Å². The van der Waals surface area contributed by atoms with Crippen molar-refractivity contribution >= 4 is 16.3 Å². The zero-order valence-corrected chi connectivity index (χ0v) is 11.5. The highest BCUT2D eigenvalue weighted by Crippen LogP contribution is 2.39. The zero-order valence-electron chi connectivity index (χ0n) is 10.7. The average Bonchev–Trinajstić information content (AvgIpc) is 2.94. The fourth-order valence-electron chi connectivity index (χ4n) is 2.37. The van der Waals surface area contributed by atoms with Gasteiger partial charge in [-0.25, -0.2) is 4.98 Å². The fraction of sp³-hybridized carbons (Fsp3) is 0.286. The maximum absolute atomic E-state index is 9.41. The molecule has 0 bridgehead atoms. The Bertz CT molecular complexity index is 807. The van der Waals surface area contributed by atoms with E-state index in [1.165, 1.54) is 19.3 Å². The highest BCUT2D eigenvalue weighted by atomic mass is 32.1. The maximum Gasteiger partial charge on any atom is 0.214 e. The first-order valence-corrected chi connectivity index (χ1v) is 7.39. The van der Waals surface area contributed by atoms with Gasteiger partial charge in [-0.05, 0) is 25.0 Å². The average molecular weight is 281 g/mol. The third kappa shape index (κ3) is 1.63. The van der Waals surface area contributed by atoms with Crippen LogP contribution in [0.3, 0.4) is 0 Å². The fourth-order valence-corrected chi connectivity index (χ4v) is 3.43. The lowest BCUT2D eigenvalue weighted by Crippen LogP contribution is -2.08. The van der Waals surface area contributed by atoms with Crippen molar-refractivity contribution in [1.82, 2.24) is 19.6 Å². The van der Waals surface area contributed by atoms with Crippen LogP contribution in [0.5, 0.6) is 0 Å². The monoisotopic (exact) mass is 281 g/mol. The van der Waals surface area contributed by atoms with Crippen molar-refractivity contribution in [2.45, 2.75) is 25.2 Å². The van der Waals surface area contributed by atoms with Crippen LogP contribution in [-0.4, -0.2) is 19.6 Å². The van der Waals surface area contributed by atoms with E-state index in [9.17, 15) is 5.26 Å². The van der Waals surface area contributed by atoms with E-state index in [1.54, 1.807) is 22.0 Å². The Balaban J connectivity index is 1.87. The molecule has 0 aliphatic heterocycles. The van der Waals surface area contributed by atoms with Crippen molar-refractivity contribution in [2.75, 3.05) is 0 Å². The standard InChI is InChI=1S/C14H11N5S/c15-8-11-12(10-6-1-2-7-16-10)17-14-19(11)18-13(20-14)9-4-3-5-9/h1-2,6-7,9H,3-5H2. The smallest absolute Gasteiger partial charge is 0.214 e. The van der Waals surface area contributed by atoms with Gasteiger partial charge in [0, 0.05) is 12.1 Å². The van der Waals surface area contributed by atoms with Gasteiger partial charge in [0.25, 0.3) is 0 Å². The van der Waals surface area contributed by atoms with Crippen molar-refractivity contribution in [1.29, 1.82) is 5.26 Å². The van der Waals surface area contributed by atoms with Crippen LogP contribution < -0.4 is 0 Å². The maximum atomic E-state index is 9.41. The van der Waals surface area contributed by atoms with Crippen LogP contribution in [0.1, 0.15) is 35.9 Å². The van der Waals surface area contributed by atoms with Crippen molar-refractivity contribution < 1.29 is 0 Å². The Morgan fingerprint density at radius 2 is 2.25 bits per heavy atom. The lowest BCUT2D eigenvalue weighted by molar-refractivity contribution is 0.415. The van der Waals surface area contributed by atoms with Crippen LogP contribution in [0.4, 0.5) is 0 Å². The minimum absolute atomic E-state index is 0.473. The molecule has 0 atom stereocenters. The number of imidazole rings is 1. The van der Waals surface area contributed by atoms with E-state index in [-0.39, 0.29) is 0 Å². The molecule has 0 N–H and O–H groups in total. The van der Waals surface area contributed by atoms with Crippen LogP contribution in [0.15, 0.2) is 24.4 Å². The first-order valence-electron chi connectivity index (χ1n) is 6.58. The minimum Gasteiger partial charge on any atom is -0.255 e.